The highest BCUT2D eigenvalue weighted by Gasteiger charge is 2.06. The number of benzene rings is 1. The highest BCUT2D eigenvalue weighted by molar-refractivity contribution is 6.34. The zero-order chi connectivity index (χ0) is 12.8. The van der Waals surface area contributed by atoms with Gasteiger partial charge in [-0.3, -0.25) is 4.79 Å². The van der Waals surface area contributed by atoms with Gasteiger partial charge in [0.05, 0.1) is 17.5 Å². The summed E-state index contributed by atoms with van der Waals surface area (Å²) in [4.78, 5) is 10.6. The Bertz CT molecular complexity index is 449. The van der Waals surface area contributed by atoms with Crippen LogP contribution in [0.3, 0.4) is 0 Å². The normalized spacial score (nSPS) is 10.4. The molecule has 0 aliphatic carbocycles. The number of hydrogen-bond donors (Lipinski definition) is 1. The number of halogens is 1. The molecule has 0 amide bonds. The van der Waals surface area contributed by atoms with Gasteiger partial charge in [-0.1, -0.05) is 25.4 Å². The molecule has 2 rings (SSSR count). The maximum Gasteiger partial charge on any atom is 0.308 e. The highest BCUT2D eigenvalue weighted by Crippen LogP contribution is 2.25. The number of hydrogen-bond acceptors (Lipinski definition) is 4. The Morgan fingerprint density at radius 2 is 2.24 bits per heavy atom. The van der Waals surface area contributed by atoms with Crippen LogP contribution < -0.4 is 0 Å². The van der Waals surface area contributed by atoms with Crippen molar-refractivity contribution < 1.29 is 19.1 Å². The monoisotopic (exact) mass is 258 g/mol. The molecule has 2 heterocycles. The average Bonchev–Trinajstić information content (AvgIpc) is 2.87. The van der Waals surface area contributed by atoms with Crippen molar-refractivity contribution >= 4 is 28.7 Å². The zero-order valence-corrected chi connectivity index (χ0v) is 10.5. The second-order valence-corrected chi connectivity index (χ2v) is 4.15. The molecule has 2 bridgehead atoms. The van der Waals surface area contributed by atoms with Crippen molar-refractivity contribution in [3.63, 3.8) is 0 Å². The maximum atomic E-state index is 10.6. The van der Waals surface area contributed by atoms with Crippen LogP contribution in [0.5, 0.6) is 0 Å². The van der Waals surface area contributed by atoms with Gasteiger partial charge < -0.3 is 14.3 Å². The van der Waals surface area contributed by atoms with Crippen LogP contribution >= 0.6 is 11.6 Å². The number of aliphatic hydroxyl groups is 1. The molecule has 5 heteroatoms. The third-order valence-corrected chi connectivity index (χ3v) is 2.23. The molecular formula is C12H15ClO4. The van der Waals surface area contributed by atoms with E-state index in [2.05, 4.69) is 4.74 Å². The van der Waals surface area contributed by atoms with E-state index < -0.39 is 0 Å². The van der Waals surface area contributed by atoms with E-state index in [1.807, 2.05) is 12.1 Å². The minimum Gasteiger partial charge on any atom is -0.463 e. The first-order valence-corrected chi connectivity index (χ1v) is 5.67. The lowest BCUT2D eigenvalue weighted by molar-refractivity contribution is -0.148. The first-order valence-electron chi connectivity index (χ1n) is 5.29. The molecule has 0 radical (unpaired) electrons. The Labute approximate surface area is 104 Å². The van der Waals surface area contributed by atoms with Gasteiger partial charge in [-0.15, -0.1) is 0 Å². The van der Waals surface area contributed by atoms with E-state index in [1.165, 1.54) is 0 Å². The summed E-state index contributed by atoms with van der Waals surface area (Å²) in [5.41, 5.74) is 1.63. The molecule has 4 nitrogen and oxygen atoms in total. The van der Waals surface area contributed by atoms with Crippen molar-refractivity contribution in [2.45, 2.75) is 13.8 Å². The van der Waals surface area contributed by atoms with E-state index in [0.717, 1.165) is 11.2 Å². The van der Waals surface area contributed by atoms with Crippen LogP contribution in [0.25, 0.3) is 11.2 Å². The number of carbonyl (C=O) groups is 1. The summed E-state index contributed by atoms with van der Waals surface area (Å²) in [5, 5.41) is 8.93. The van der Waals surface area contributed by atoms with Gasteiger partial charge in [-0.05, 0) is 12.1 Å². The average molecular weight is 259 g/mol. The van der Waals surface area contributed by atoms with Crippen molar-refractivity contribution in [3.8, 4) is 0 Å². The predicted octanol–water partition coefficient (Wildman–Crippen LogP) is 2.70. The Kier molecular flexibility index (Phi) is 5.25. The van der Waals surface area contributed by atoms with Crippen molar-refractivity contribution in [3.05, 3.63) is 23.2 Å². The fraction of sp³-hybridized carbons (Fsp3) is 0.417. The molecule has 0 aliphatic heterocycles. The number of rotatable bonds is 3. The van der Waals surface area contributed by atoms with Crippen LogP contribution in [0, 0.1) is 5.92 Å². The van der Waals surface area contributed by atoms with Gasteiger partial charge >= 0.3 is 5.97 Å². The molecule has 0 unspecified atom stereocenters. The second kappa shape index (κ2) is 6.47. The fourth-order valence-electron chi connectivity index (χ4n) is 1.07. The lowest BCUT2D eigenvalue weighted by Gasteiger charge is -2.03. The molecule has 2 aromatic rings. The van der Waals surface area contributed by atoms with Crippen LogP contribution in [-0.4, -0.2) is 24.3 Å². The van der Waals surface area contributed by atoms with Crippen LogP contribution in [0.2, 0.25) is 5.02 Å². The van der Waals surface area contributed by atoms with E-state index in [4.69, 9.17) is 21.1 Å². The topological polar surface area (TPSA) is 59.7 Å². The van der Waals surface area contributed by atoms with Gasteiger partial charge in [0.25, 0.3) is 0 Å². The molecule has 1 N–H and O–H groups in total. The van der Waals surface area contributed by atoms with Crippen LogP contribution in [0.15, 0.2) is 22.6 Å². The molecule has 0 saturated heterocycles. The highest BCUT2D eigenvalue weighted by atomic mass is 35.5. The summed E-state index contributed by atoms with van der Waals surface area (Å²) in [5.74, 6) is -0.361. The van der Waals surface area contributed by atoms with E-state index >= 15 is 0 Å². The van der Waals surface area contributed by atoms with Gasteiger partial charge in [-0.2, -0.15) is 0 Å². The molecule has 0 aliphatic rings. The molecule has 2 aromatic heterocycles. The van der Waals surface area contributed by atoms with E-state index in [1.54, 1.807) is 19.9 Å². The van der Waals surface area contributed by atoms with Gasteiger partial charge in [-0.25, -0.2) is 0 Å². The quantitative estimate of drug-likeness (QED) is 0.860. The van der Waals surface area contributed by atoms with E-state index in [9.17, 15) is 4.79 Å². The lowest BCUT2D eigenvalue weighted by atomic mass is 10.2. The molecule has 0 fully saturated rings. The minimum absolute atomic E-state index is 0.0987. The van der Waals surface area contributed by atoms with Gasteiger partial charge in [0.1, 0.15) is 17.8 Å². The first kappa shape index (κ1) is 13.8. The fourth-order valence-corrected chi connectivity index (χ4v) is 1.28. The summed E-state index contributed by atoms with van der Waals surface area (Å²) >= 11 is 5.64. The number of esters is 1. The zero-order valence-electron chi connectivity index (χ0n) is 9.77. The number of ether oxygens (including phenoxy) is 1. The lowest BCUT2D eigenvalue weighted by Crippen LogP contribution is -2.13. The molecule has 0 spiro atoms. The smallest absolute Gasteiger partial charge is 0.308 e. The van der Waals surface area contributed by atoms with E-state index in [-0.39, 0.29) is 25.1 Å². The largest absolute Gasteiger partial charge is 0.463 e. The molecule has 0 atom stereocenters. The standard InChI is InChI=1S/C6H3ClO.C6H12O3/c7-5-3-4-1-2-6(5)8-4;1-5(2)6(8)9-4-3-7/h1-3H;5,7H,3-4H2,1-2H3. The van der Waals surface area contributed by atoms with Crippen LogP contribution in [0.4, 0.5) is 0 Å². The first-order chi connectivity index (χ1) is 8.04. The molecule has 17 heavy (non-hydrogen) atoms. The van der Waals surface area contributed by atoms with Crippen molar-refractivity contribution in [1.82, 2.24) is 0 Å². The van der Waals surface area contributed by atoms with Gasteiger partial charge in [0, 0.05) is 6.07 Å². The number of furan rings is 2. The number of carbonyl (C=O) groups excluding carboxylic acids is 1. The summed E-state index contributed by atoms with van der Waals surface area (Å²) < 4.78 is 9.65. The Morgan fingerprint density at radius 3 is 2.53 bits per heavy atom. The molecular weight excluding hydrogens is 244 g/mol. The molecule has 0 aromatic carbocycles. The van der Waals surface area contributed by atoms with Crippen molar-refractivity contribution in [2.75, 3.05) is 13.2 Å². The summed E-state index contributed by atoms with van der Waals surface area (Å²) in [7, 11) is 0. The third-order valence-electron chi connectivity index (χ3n) is 1.94. The number of fused-ring (bicyclic) bond motifs is 2. The minimum atomic E-state index is -0.260. The van der Waals surface area contributed by atoms with E-state index in [0.29, 0.717) is 5.02 Å². The molecule has 0 saturated carbocycles. The van der Waals surface area contributed by atoms with Crippen molar-refractivity contribution in [2.24, 2.45) is 5.92 Å². The van der Waals surface area contributed by atoms with Gasteiger partial charge in [0.15, 0.2) is 0 Å². The van der Waals surface area contributed by atoms with Gasteiger partial charge in [0.2, 0.25) is 0 Å². The van der Waals surface area contributed by atoms with Crippen LogP contribution in [0.1, 0.15) is 13.8 Å². The number of aliphatic hydroxyl groups excluding tert-OH is 1. The summed E-state index contributed by atoms with van der Waals surface area (Å²) in [6, 6.07) is 5.55. The predicted molar refractivity (Wildman–Crippen MR) is 65.3 cm³/mol. The Hall–Kier alpha value is -1.26. The third kappa shape index (κ3) is 4.24. The summed E-state index contributed by atoms with van der Waals surface area (Å²) in [6.45, 7) is 3.51. The second-order valence-electron chi connectivity index (χ2n) is 3.74. The van der Waals surface area contributed by atoms with Crippen LogP contribution in [-0.2, 0) is 9.53 Å². The Balaban J connectivity index is 0.000000170. The summed E-state index contributed by atoms with van der Waals surface area (Å²) in [6.07, 6.45) is 0. The Morgan fingerprint density at radius 1 is 1.53 bits per heavy atom. The maximum absolute atomic E-state index is 10.6. The molecule has 94 valence electrons. The van der Waals surface area contributed by atoms with Crippen molar-refractivity contribution in [1.29, 1.82) is 0 Å². The SMILES string of the molecule is CC(C)C(=O)OCCO.Clc1cc2ccc1o2.